The number of anilines is 1. The summed E-state index contributed by atoms with van der Waals surface area (Å²) < 4.78 is 0. The van der Waals surface area contributed by atoms with Gasteiger partial charge in [0.1, 0.15) is 0 Å². The number of carbonyl (C=O) groups excluding carboxylic acids is 1. The highest BCUT2D eigenvalue weighted by Crippen LogP contribution is 2.13. The second-order valence-electron chi connectivity index (χ2n) is 4.32. The Bertz CT molecular complexity index is 352. The minimum Gasteiger partial charge on any atom is -0.323 e. The molecule has 0 aliphatic heterocycles. The number of aryl methyl sites for hydroxylation is 1. The predicted octanol–water partition coefficient (Wildman–Crippen LogP) is 3.40. The zero-order chi connectivity index (χ0) is 12.0. The SMILES string of the molecule is C=CC(=O)Nc1ccc(CCC(C)C)cc1. The molecule has 0 saturated heterocycles. The molecule has 0 heterocycles. The molecule has 2 nitrogen and oxygen atoms in total. The smallest absolute Gasteiger partial charge is 0.247 e. The quantitative estimate of drug-likeness (QED) is 0.752. The molecule has 0 fully saturated rings. The van der Waals surface area contributed by atoms with Crippen LogP contribution in [0.3, 0.4) is 0 Å². The third-order valence-corrected chi connectivity index (χ3v) is 2.42. The molecule has 0 spiro atoms. The summed E-state index contributed by atoms with van der Waals surface area (Å²) in [6.45, 7) is 7.85. The van der Waals surface area contributed by atoms with E-state index in [4.69, 9.17) is 0 Å². The summed E-state index contributed by atoms with van der Waals surface area (Å²) in [7, 11) is 0. The van der Waals surface area contributed by atoms with Gasteiger partial charge in [-0.3, -0.25) is 4.79 Å². The number of carbonyl (C=O) groups is 1. The molecule has 0 atom stereocenters. The summed E-state index contributed by atoms with van der Waals surface area (Å²) in [4.78, 5) is 11.1. The summed E-state index contributed by atoms with van der Waals surface area (Å²) >= 11 is 0. The molecule has 0 aliphatic rings. The molecule has 16 heavy (non-hydrogen) atoms. The standard InChI is InChI=1S/C14H19NO/c1-4-14(16)15-13-9-7-12(8-10-13)6-5-11(2)3/h4,7-11H,1,5-6H2,2-3H3,(H,15,16). The van der Waals surface area contributed by atoms with E-state index < -0.39 is 0 Å². The molecule has 1 aromatic carbocycles. The van der Waals surface area contributed by atoms with Crippen molar-refractivity contribution in [2.75, 3.05) is 5.32 Å². The fraction of sp³-hybridized carbons (Fsp3) is 0.357. The van der Waals surface area contributed by atoms with Crippen LogP contribution in [-0.2, 0) is 11.2 Å². The molecule has 1 rings (SSSR count). The zero-order valence-corrected chi connectivity index (χ0v) is 9.99. The Morgan fingerprint density at radius 2 is 2.00 bits per heavy atom. The van der Waals surface area contributed by atoms with E-state index in [0.29, 0.717) is 0 Å². The third-order valence-electron chi connectivity index (χ3n) is 2.42. The van der Waals surface area contributed by atoms with Gasteiger partial charge in [-0.15, -0.1) is 0 Å². The Hall–Kier alpha value is -1.57. The molecule has 0 bridgehead atoms. The average molecular weight is 217 g/mol. The van der Waals surface area contributed by atoms with Gasteiger partial charge in [0.25, 0.3) is 0 Å². The second-order valence-corrected chi connectivity index (χ2v) is 4.32. The Kier molecular flexibility index (Phi) is 4.77. The van der Waals surface area contributed by atoms with Gasteiger partial charge in [-0.2, -0.15) is 0 Å². The topological polar surface area (TPSA) is 29.1 Å². The van der Waals surface area contributed by atoms with Gasteiger partial charge in [-0.1, -0.05) is 32.6 Å². The highest BCUT2D eigenvalue weighted by atomic mass is 16.1. The van der Waals surface area contributed by atoms with E-state index in [-0.39, 0.29) is 5.91 Å². The highest BCUT2D eigenvalue weighted by molar-refractivity contribution is 5.98. The van der Waals surface area contributed by atoms with E-state index in [0.717, 1.165) is 18.0 Å². The van der Waals surface area contributed by atoms with E-state index in [1.54, 1.807) is 0 Å². The number of benzene rings is 1. The van der Waals surface area contributed by atoms with Crippen molar-refractivity contribution in [2.24, 2.45) is 5.92 Å². The lowest BCUT2D eigenvalue weighted by Gasteiger charge is -2.06. The maximum absolute atomic E-state index is 11.1. The molecule has 0 saturated carbocycles. The summed E-state index contributed by atoms with van der Waals surface area (Å²) in [6, 6.07) is 7.97. The first kappa shape index (κ1) is 12.5. The minimum absolute atomic E-state index is 0.171. The van der Waals surface area contributed by atoms with Gasteiger partial charge in [-0.05, 0) is 42.5 Å². The molecule has 1 aromatic rings. The lowest BCUT2D eigenvalue weighted by molar-refractivity contribution is -0.111. The number of nitrogens with one attached hydrogen (secondary N) is 1. The van der Waals surface area contributed by atoms with E-state index in [2.05, 4.69) is 37.9 Å². The maximum Gasteiger partial charge on any atom is 0.247 e. The minimum atomic E-state index is -0.171. The van der Waals surface area contributed by atoms with E-state index in [9.17, 15) is 4.79 Å². The van der Waals surface area contributed by atoms with Gasteiger partial charge < -0.3 is 5.32 Å². The number of hydrogen-bond donors (Lipinski definition) is 1. The Morgan fingerprint density at radius 1 is 1.38 bits per heavy atom. The molecule has 86 valence electrons. The van der Waals surface area contributed by atoms with Gasteiger partial charge in [0, 0.05) is 5.69 Å². The van der Waals surface area contributed by atoms with Crippen molar-refractivity contribution in [1.29, 1.82) is 0 Å². The van der Waals surface area contributed by atoms with E-state index in [1.165, 1.54) is 18.1 Å². The predicted molar refractivity (Wildman–Crippen MR) is 68.4 cm³/mol. The van der Waals surface area contributed by atoms with Crippen molar-refractivity contribution >= 4 is 11.6 Å². The average Bonchev–Trinajstić information content (AvgIpc) is 2.28. The van der Waals surface area contributed by atoms with Crippen LogP contribution in [0.2, 0.25) is 0 Å². The molecule has 1 amide bonds. The van der Waals surface area contributed by atoms with Gasteiger partial charge in [0.15, 0.2) is 0 Å². The largest absolute Gasteiger partial charge is 0.323 e. The summed E-state index contributed by atoms with van der Waals surface area (Å²) in [6.07, 6.45) is 3.55. The maximum atomic E-state index is 11.1. The molecule has 0 aliphatic carbocycles. The zero-order valence-electron chi connectivity index (χ0n) is 9.99. The molecule has 0 radical (unpaired) electrons. The highest BCUT2D eigenvalue weighted by Gasteiger charge is 1.99. The van der Waals surface area contributed by atoms with Crippen LogP contribution in [0.5, 0.6) is 0 Å². The number of rotatable bonds is 5. The van der Waals surface area contributed by atoms with Crippen LogP contribution in [0.4, 0.5) is 5.69 Å². The number of amides is 1. The monoisotopic (exact) mass is 217 g/mol. The van der Waals surface area contributed by atoms with Crippen molar-refractivity contribution in [3.8, 4) is 0 Å². The van der Waals surface area contributed by atoms with E-state index >= 15 is 0 Å². The van der Waals surface area contributed by atoms with Crippen molar-refractivity contribution in [1.82, 2.24) is 0 Å². The van der Waals surface area contributed by atoms with Crippen LogP contribution in [0.25, 0.3) is 0 Å². The van der Waals surface area contributed by atoms with Gasteiger partial charge >= 0.3 is 0 Å². The first-order valence-corrected chi connectivity index (χ1v) is 5.64. The molecule has 1 N–H and O–H groups in total. The van der Waals surface area contributed by atoms with Crippen LogP contribution in [0.1, 0.15) is 25.8 Å². The number of hydrogen-bond acceptors (Lipinski definition) is 1. The fourth-order valence-electron chi connectivity index (χ4n) is 1.40. The molecule has 0 aromatic heterocycles. The van der Waals surface area contributed by atoms with Crippen LogP contribution in [0.15, 0.2) is 36.9 Å². The normalized spacial score (nSPS) is 10.2. The fourth-order valence-corrected chi connectivity index (χ4v) is 1.40. The molecular weight excluding hydrogens is 198 g/mol. The lowest BCUT2D eigenvalue weighted by atomic mass is 10.0. The van der Waals surface area contributed by atoms with Crippen molar-refractivity contribution in [3.63, 3.8) is 0 Å². The van der Waals surface area contributed by atoms with Crippen molar-refractivity contribution in [2.45, 2.75) is 26.7 Å². The third kappa shape index (κ3) is 4.30. The first-order valence-electron chi connectivity index (χ1n) is 5.64. The van der Waals surface area contributed by atoms with Crippen LogP contribution in [0, 0.1) is 5.92 Å². The molecule has 0 unspecified atom stereocenters. The Morgan fingerprint density at radius 3 is 2.50 bits per heavy atom. The molecular formula is C14H19NO. The van der Waals surface area contributed by atoms with Crippen LogP contribution in [-0.4, -0.2) is 5.91 Å². The van der Waals surface area contributed by atoms with Gasteiger partial charge in [0.2, 0.25) is 5.91 Å². The summed E-state index contributed by atoms with van der Waals surface area (Å²) in [5.41, 5.74) is 2.13. The Labute approximate surface area is 97.4 Å². The Balaban J connectivity index is 2.54. The van der Waals surface area contributed by atoms with Crippen LogP contribution < -0.4 is 5.32 Å². The first-order chi connectivity index (χ1) is 7.61. The second kappa shape index (κ2) is 6.11. The van der Waals surface area contributed by atoms with Crippen molar-refractivity contribution in [3.05, 3.63) is 42.5 Å². The van der Waals surface area contributed by atoms with Crippen LogP contribution >= 0.6 is 0 Å². The summed E-state index contributed by atoms with van der Waals surface area (Å²) in [5.74, 6) is 0.551. The lowest BCUT2D eigenvalue weighted by Crippen LogP contribution is -2.07. The van der Waals surface area contributed by atoms with E-state index in [1.807, 2.05) is 12.1 Å². The summed E-state index contributed by atoms with van der Waals surface area (Å²) in [5, 5.41) is 2.73. The van der Waals surface area contributed by atoms with Gasteiger partial charge in [-0.25, -0.2) is 0 Å². The van der Waals surface area contributed by atoms with Crippen molar-refractivity contribution < 1.29 is 4.79 Å². The molecule has 2 heteroatoms. The van der Waals surface area contributed by atoms with Gasteiger partial charge in [0.05, 0.1) is 0 Å².